The Bertz CT molecular complexity index is 1140. The lowest BCUT2D eigenvalue weighted by Crippen LogP contribution is -2.15. The Kier molecular flexibility index (Phi) is 5.11. The number of hydrogen-bond donors (Lipinski definition) is 1. The van der Waals surface area contributed by atoms with Crippen molar-refractivity contribution in [2.75, 3.05) is 5.32 Å². The Hall–Kier alpha value is -3.48. The maximum absolute atomic E-state index is 13.0. The highest BCUT2D eigenvalue weighted by molar-refractivity contribution is 6.17. The van der Waals surface area contributed by atoms with Gasteiger partial charge in [-0.2, -0.15) is 13.2 Å². The van der Waals surface area contributed by atoms with Gasteiger partial charge in [-0.1, -0.05) is 31.2 Å². The molecule has 1 aliphatic rings. The summed E-state index contributed by atoms with van der Waals surface area (Å²) in [7, 11) is 0. The van der Waals surface area contributed by atoms with Crippen molar-refractivity contribution in [1.82, 2.24) is 4.98 Å². The van der Waals surface area contributed by atoms with Crippen molar-refractivity contribution >= 4 is 23.0 Å². The van der Waals surface area contributed by atoms with Crippen LogP contribution in [0.3, 0.4) is 0 Å². The van der Waals surface area contributed by atoms with Gasteiger partial charge in [0.2, 0.25) is 5.91 Å². The number of aliphatic imine (C=N–C) groups is 1. The molecule has 7 heteroatoms. The lowest BCUT2D eigenvalue weighted by atomic mass is 10.0. The van der Waals surface area contributed by atoms with E-state index in [-0.39, 0.29) is 12.1 Å². The number of halogens is 3. The second-order valence-electron chi connectivity index (χ2n) is 6.99. The summed E-state index contributed by atoms with van der Waals surface area (Å²) in [6, 6.07) is 14.6. The number of nitrogens with one attached hydrogen (secondary N) is 1. The third-order valence-electron chi connectivity index (χ3n) is 4.90. The van der Waals surface area contributed by atoms with Crippen molar-refractivity contribution in [2.45, 2.75) is 25.9 Å². The van der Waals surface area contributed by atoms with Crippen LogP contribution in [0.25, 0.3) is 11.1 Å². The molecule has 0 saturated carbocycles. The zero-order valence-electron chi connectivity index (χ0n) is 16.1. The van der Waals surface area contributed by atoms with Crippen molar-refractivity contribution < 1.29 is 18.0 Å². The molecule has 1 aromatic heterocycles. The molecule has 1 N–H and O–H groups in total. The first-order valence-electron chi connectivity index (χ1n) is 9.48. The first-order chi connectivity index (χ1) is 14.3. The van der Waals surface area contributed by atoms with E-state index in [1.165, 1.54) is 6.07 Å². The second-order valence-corrected chi connectivity index (χ2v) is 6.99. The topological polar surface area (TPSA) is 54.4 Å². The largest absolute Gasteiger partial charge is 0.416 e. The number of aryl methyl sites for hydroxylation is 1. The molecule has 0 fully saturated rings. The van der Waals surface area contributed by atoms with E-state index in [0.29, 0.717) is 11.4 Å². The summed E-state index contributed by atoms with van der Waals surface area (Å²) in [5, 5.41) is 2.53. The Labute approximate surface area is 171 Å². The molecule has 0 saturated heterocycles. The number of fused-ring (bicyclic) bond motifs is 1. The van der Waals surface area contributed by atoms with Crippen LogP contribution < -0.4 is 5.32 Å². The summed E-state index contributed by atoms with van der Waals surface area (Å²) in [4.78, 5) is 21.2. The van der Waals surface area contributed by atoms with Gasteiger partial charge in [0.25, 0.3) is 0 Å². The maximum atomic E-state index is 13.0. The van der Waals surface area contributed by atoms with Gasteiger partial charge in [-0.05, 0) is 47.9 Å². The number of rotatable bonds is 3. The summed E-state index contributed by atoms with van der Waals surface area (Å²) in [6.45, 7) is 2.04. The van der Waals surface area contributed by atoms with Crippen molar-refractivity contribution in [3.8, 4) is 11.1 Å². The van der Waals surface area contributed by atoms with Crippen LogP contribution >= 0.6 is 0 Å². The average Bonchev–Trinajstić information content (AvgIpc) is 2.90. The zero-order valence-corrected chi connectivity index (χ0v) is 16.1. The van der Waals surface area contributed by atoms with E-state index in [0.717, 1.165) is 40.9 Å². The number of pyridine rings is 1. The molecule has 30 heavy (non-hydrogen) atoms. The minimum atomic E-state index is -4.49. The van der Waals surface area contributed by atoms with E-state index in [1.54, 1.807) is 6.20 Å². The molecule has 4 nitrogen and oxygen atoms in total. The monoisotopic (exact) mass is 409 g/mol. The Morgan fingerprint density at radius 3 is 2.50 bits per heavy atom. The van der Waals surface area contributed by atoms with E-state index in [2.05, 4.69) is 15.3 Å². The second kappa shape index (κ2) is 7.74. The first kappa shape index (κ1) is 19.8. The predicted octanol–water partition coefficient (Wildman–Crippen LogP) is 5.79. The molecule has 2 heterocycles. The van der Waals surface area contributed by atoms with E-state index in [9.17, 15) is 18.0 Å². The predicted molar refractivity (Wildman–Crippen MR) is 110 cm³/mol. The summed E-state index contributed by atoms with van der Waals surface area (Å²) in [6.07, 6.45) is -1.88. The van der Waals surface area contributed by atoms with Gasteiger partial charge in [0.1, 0.15) is 0 Å². The average molecular weight is 409 g/mol. The normalized spacial score (nSPS) is 13.9. The van der Waals surface area contributed by atoms with Crippen LogP contribution in [0.5, 0.6) is 0 Å². The van der Waals surface area contributed by atoms with Gasteiger partial charge in [-0.15, -0.1) is 0 Å². The van der Waals surface area contributed by atoms with Crippen LogP contribution in [0.1, 0.15) is 30.2 Å². The first-order valence-corrected chi connectivity index (χ1v) is 9.48. The standard InChI is InChI=1S/C23H18F3N3O/c1-2-18-8-6-16(13-27-18)14-4-3-5-15(10-14)20-12-22(30)29-21-11-17(23(24,25)26)7-9-19(21)28-20/h3-11,13H,2,12H2,1H3,(H,29,30). The third-order valence-corrected chi connectivity index (χ3v) is 4.90. The molecule has 152 valence electrons. The number of alkyl halides is 3. The maximum Gasteiger partial charge on any atom is 0.416 e. The Morgan fingerprint density at radius 1 is 1.00 bits per heavy atom. The molecule has 3 aromatic rings. The van der Waals surface area contributed by atoms with Crippen LogP contribution in [0.15, 0.2) is 65.8 Å². The smallest absolute Gasteiger partial charge is 0.324 e. The molecule has 0 unspecified atom stereocenters. The summed E-state index contributed by atoms with van der Waals surface area (Å²) < 4.78 is 39.0. The molecular formula is C23H18F3N3O. The van der Waals surface area contributed by atoms with Crippen LogP contribution in [-0.2, 0) is 17.4 Å². The number of hydrogen-bond acceptors (Lipinski definition) is 3. The van der Waals surface area contributed by atoms with Gasteiger partial charge in [-0.25, -0.2) is 0 Å². The molecule has 2 aromatic carbocycles. The van der Waals surface area contributed by atoms with Crippen LogP contribution in [-0.4, -0.2) is 16.6 Å². The van der Waals surface area contributed by atoms with Gasteiger partial charge >= 0.3 is 6.18 Å². The lowest BCUT2D eigenvalue weighted by molar-refractivity contribution is -0.137. The molecular weight excluding hydrogens is 391 g/mol. The zero-order chi connectivity index (χ0) is 21.3. The highest BCUT2D eigenvalue weighted by Crippen LogP contribution is 2.36. The number of carbonyl (C=O) groups excluding carboxylic acids is 1. The lowest BCUT2D eigenvalue weighted by Gasteiger charge is -2.10. The molecule has 0 atom stereocenters. The highest BCUT2D eigenvalue weighted by atomic mass is 19.4. The number of amides is 1. The molecule has 4 rings (SSSR count). The van der Waals surface area contributed by atoms with E-state index in [1.807, 2.05) is 43.3 Å². The van der Waals surface area contributed by atoms with E-state index < -0.39 is 17.6 Å². The van der Waals surface area contributed by atoms with E-state index >= 15 is 0 Å². The van der Waals surface area contributed by atoms with E-state index in [4.69, 9.17) is 0 Å². The van der Waals surface area contributed by atoms with Crippen molar-refractivity contribution in [3.05, 3.63) is 77.6 Å². The fourth-order valence-electron chi connectivity index (χ4n) is 3.29. The fourth-order valence-corrected chi connectivity index (χ4v) is 3.29. The Balaban J connectivity index is 1.73. The van der Waals surface area contributed by atoms with Crippen molar-refractivity contribution in [2.24, 2.45) is 4.99 Å². The summed E-state index contributed by atoms with van der Waals surface area (Å²) in [5.74, 6) is -0.411. The number of benzene rings is 2. The Morgan fingerprint density at radius 2 is 1.80 bits per heavy atom. The molecule has 0 aliphatic carbocycles. The molecule has 0 bridgehead atoms. The molecule has 0 radical (unpaired) electrons. The van der Waals surface area contributed by atoms with Gasteiger partial charge < -0.3 is 5.32 Å². The minimum absolute atomic E-state index is 0.0352. The third kappa shape index (κ3) is 4.10. The quantitative estimate of drug-likeness (QED) is 0.595. The number of carbonyl (C=O) groups is 1. The van der Waals surface area contributed by atoms with Gasteiger partial charge in [0.15, 0.2) is 0 Å². The van der Waals surface area contributed by atoms with Crippen molar-refractivity contribution in [3.63, 3.8) is 0 Å². The van der Waals surface area contributed by atoms with Crippen molar-refractivity contribution in [1.29, 1.82) is 0 Å². The summed E-state index contributed by atoms with van der Waals surface area (Å²) >= 11 is 0. The van der Waals surface area contributed by atoms with Crippen LogP contribution in [0, 0.1) is 0 Å². The van der Waals surface area contributed by atoms with Gasteiger partial charge in [0, 0.05) is 17.5 Å². The van der Waals surface area contributed by atoms with Gasteiger partial charge in [0.05, 0.1) is 29.1 Å². The highest BCUT2D eigenvalue weighted by Gasteiger charge is 2.31. The van der Waals surface area contributed by atoms with Crippen LogP contribution in [0.4, 0.5) is 24.5 Å². The number of aromatic nitrogens is 1. The summed E-state index contributed by atoms with van der Waals surface area (Å²) in [5.41, 5.74) is 3.59. The SMILES string of the molecule is CCc1ccc(-c2cccc(C3=Nc4ccc(C(F)(F)F)cc4NC(=O)C3)c2)cn1. The number of anilines is 1. The molecule has 1 aliphatic heterocycles. The minimum Gasteiger partial charge on any atom is -0.324 e. The molecule has 1 amide bonds. The number of nitrogens with zero attached hydrogens (tertiary/aromatic N) is 2. The fraction of sp³-hybridized carbons (Fsp3) is 0.174. The van der Waals surface area contributed by atoms with Gasteiger partial charge in [-0.3, -0.25) is 14.8 Å². The van der Waals surface area contributed by atoms with Crippen LogP contribution in [0.2, 0.25) is 0 Å². The molecule has 0 spiro atoms.